The van der Waals surface area contributed by atoms with Gasteiger partial charge in [-0.05, 0) is 40.5 Å². The molecule has 1 aliphatic rings. The molecule has 1 aromatic rings. The van der Waals surface area contributed by atoms with Crippen molar-refractivity contribution < 1.29 is 9.47 Å². The highest BCUT2D eigenvalue weighted by Crippen LogP contribution is 2.18. The molecule has 0 bridgehead atoms. The normalized spacial score (nSPS) is 18.7. The quantitative estimate of drug-likeness (QED) is 0.930. The number of hydrogen-bond acceptors (Lipinski definition) is 4. The predicted molar refractivity (Wildman–Crippen MR) is 74.8 cm³/mol. The number of methoxy groups -OCH3 is 1. The van der Waals surface area contributed by atoms with Gasteiger partial charge in [-0.3, -0.25) is 0 Å². The summed E-state index contributed by atoms with van der Waals surface area (Å²) in [5.74, 6) is 1.69. The van der Waals surface area contributed by atoms with E-state index in [4.69, 9.17) is 9.47 Å². The van der Waals surface area contributed by atoms with Crippen LogP contribution in [-0.2, 0) is 11.3 Å². The Hall–Kier alpha value is -1.33. The van der Waals surface area contributed by atoms with Gasteiger partial charge in [0.05, 0.1) is 18.2 Å². The minimum Gasteiger partial charge on any atom is -0.497 e. The molecule has 18 heavy (non-hydrogen) atoms. The Morgan fingerprint density at radius 1 is 1.33 bits per heavy atom. The Morgan fingerprint density at radius 3 is 2.72 bits per heavy atom. The van der Waals surface area contributed by atoms with E-state index >= 15 is 0 Å². The Balaban J connectivity index is 1.91. The van der Waals surface area contributed by atoms with Crippen LogP contribution in [0.2, 0.25) is 0 Å². The third-order valence-corrected chi connectivity index (χ3v) is 3.17. The van der Waals surface area contributed by atoms with Crippen LogP contribution in [0.3, 0.4) is 0 Å². The molecule has 5 heteroatoms. The number of hydrogen-bond donors (Lipinski definition) is 1. The van der Waals surface area contributed by atoms with Crippen LogP contribution >= 0.6 is 15.9 Å². The Morgan fingerprint density at radius 2 is 2.06 bits per heavy atom. The first kappa shape index (κ1) is 13.1. The maximum atomic E-state index is 5.78. The fourth-order valence-electron chi connectivity index (χ4n) is 1.54. The minimum absolute atomic E-state index is 0.176. The summed E-state index contributed by atoms with van der Waals surface area (Å²) in [6.07, 6.45) is 1.58. The highest BCUT2D eigenvalue weighted by atomic mass is 79.9. The predicted octanol–water partition coefficient (Wildman–Crippen LogP) is 2.80. The Labute approximate surface area is 115 Å². The van der Waals surface area contributed by atoms with Gasteiger partial charge in [0.2, 0.25) is 0 Å². The summed E-state index contributed by atoms with van der Waals surface area (Å²) in [6, 6.07) is 7.82. The summed E-state index contributed by atoms with van der Waals surface area (Å²) in [5, 5.41) is 3.15. The maximum absolute atomic E-state index is 5.78. The van der Waals surface area contributed by atoms with Gasteiger partial charge in [0.1, 0.15) is 11.6 Å². The summed E-state index contributed by atoms with van der Waals surface area (Å²) >= 11 is 3.43. The fraction of sp³-hybridized carbons (Fsp3) is 0.308. The highest BCUT2D eigenvalue weighted by molar-refractivity contribution is 9.11. The maximum Gasteiger partial charge on any atom is 0.163 e. The van der Waals surface area contributed by atoms with Crippen LogP contribution in [0.5, 0.6) is 5.75 Å². The summed E-state index contributed by atoms with van der Waals surface area (Å²) in [4.78, 5) is 4.14. The zero-order valence-corrected chi connectivity index (χ0v) is 11.9. The Kier molecular flexibility index (Phi) is 4.38. The van der Waals surface area contributed by atoms with E-state index in [1.807, 2.05) is 31.2 Å². The van der Waals surface area contributed by atoms with Gasteiger partial charge in [-0.2, -0.15) is 0 Å². The fourth-order valence-corrected chi connectivity index (χ4v) is 1.89. The average molecular weight is 311 g/mol. The third-order valence-electron chi connectivity index (χ3n) is 2.55. The first-order valence-corrected chi connectivity index (χ1v) is 6.39. The Bertz CT molecular complexity index is 468. The SMILES string of the molecule is COc1ccc(COC2NC(C)=NC=C2Br)cc1. The topological polar surface area (TPSA) is 42.9 Å². The van der Waals surface area contributed by atoms with Gasteiger partial charge in [-0.15, -0.1) is 0 Å². The molecule has 1 aliphatic heterocycles. The summed E-state index contributed by atoms with van der Waals surface area (Å²) < 4.78 is 11.8. The lowest BCUT2D eigenvalue weighted by Gasteiger charge is -2.22. The monoisotopic (exact) mass is 310 g/mol. The van der Waals surface area contributed by atoms with Crippen molar-refractivity contribution in [1.82, 2.24) is 5.32 Å². The molecular formula is C13H15BrN2O2. The number of aliphatic imine (C=N–C) groups is 1. The molecule has 0 spiro atoms. The smallest absolute Gasteiger partial charge is 0.163 e. The number of benzene rings is 1. The van der Waals surface area contributed by atoms with Gasteiger partial charge in [-0.25, -0.2) is 4.99 Å². The van der Waals surface area contributed by atoms with Crippen molar-refractivity contribution in [1.29, 1.82) is 0 Å². The number of nitrogens with zero attached hydrogens (tertiary/aromatic N) is 1. The van der Waals surface area contributed by atoms with E-state index < -0.39 is 0 Å². The number of halogens is 1. The molecule has 1 atom stereocenters. The van der Waals surface area contributed by atoms with Crippen LogP contribution in [0.25, 0.3) is 0 Å². The number of rotatable bonds is 4. The van der Waals surface area contributed by atoms with Crippen LogP contribution in [-0.4, -0.2) is 19.2 Å². The first-order chi connectivity index (χ1) is 8.69. The van der Waals surface area contributed by atoms with E-state index in [0.29, 0.717) is 6.61 Å². The molecule has 1 aromatic carbocycles. The van der Waals surface area contributed by atoms with Crippen molar-refractivity contribution in [2.45, 2.75) is 19.8 Å². The van der Waals surface area contributed by atoms with Gasteiger partial charge in [0.15, 0.2) is 6.23 Å². The van der Waals surface area contributed by atoms with Crippen molar-refractivity contribution in [2.75, 3.05) is 7.11 Å². The second-order valence-corrected chi connectivity index (χ2v) is 4.83. The van der Waals surface area contributed by atoms with Crippen LogP contribution in [0, 0.1) is 0 Å². The molecular weight excluding hydrogens is 296 g/mol. The van der Waals surface area contributed by atoms with Gasteiger partial charge < -0.3 is 14.8 Å². The van der Waals surface area contributed by atoms with Crippen molar-refractivity contribution in [3.05, 3.63) is 40.5 Å². The number of nitrogens with one attached hydrogen (secondary N) is 1. The van der Waals surface area contributed by atoms with E-state index in [-0.39, 0.29) is 6.23 Å². The van der Waals surface area contributed by atoms with Crippen molar-refractivity contribution >= 4 is 21.8 Å². The molecule has 4 nitrogen and oxygen atoms in total. The molecule has 0 saturated carbocycles. The van der Waals surface area contributed by atoms with Gasteiger partial charge in [0, 0.05) is 6.20 Å². The molecule has 0 radical (unpaired) electrons. The lowest BCUT2D eigenvalue weighted by Crippen LogP contribution is -2.37. The molecule has 0 amide bonds. The highest BCUT2D eigenvalue weighted by Gasteiger charge is 2.16. The zero-order valence-electron chi connectivity index (χ0n) is 10.3. The lowest BCUT2D eigenvalue weighted by molar-refractivity contribution is 0.0596. The van der Waals surface area contributed by atoms with Gasteiger partial charge in [-0.1, -0.05) is 12.1 Å². The van der Waals surface area contributed by atoms with Crippen LogP contribution < -0.4 is 10.1 Å². The zero-order chi connectivity index (χ0) is 13.0. The minimum atomic E-state index is -0.176. The number of amidine groups is 1. The van der Waals surface area contributed by atoms with Crippen molar-refractivity contribution in [3.63, 3.8) is 0 Å². The molecule has 0 aromatic heterocycles. The van der Waals surface area contributed by atoms with Crippen molar-refractivity contribution in [2.24, 2.45) is 4.99 Å². The van der Waals surface area contributed by atoms with E-state index in [1.54, 1.807) is 13.3 Å². The molecule has 0 saturated heterocycles. The molecule has 0 aliphatic carbocycles. The molecule has 1 unspecified atom stereocenters. The lowest BCUT2D eigenvalue weighted by atomic mass is 10.2. The van der Waals surface area contributed by atoms with Crippen LogP contribution in [0.1, 0.15) is 12.5 Å². The molecule has 1 N–H and O–H groups in total. The van der Waals surface area contributed by atoms with E-state index in [9.17, 15) is 0 Å². The third kappa shape index (κ3) is 3.34. The van der Waals surface area contributed by atoms with Crippen molar-refractivity contribution in [3.8, 4) is 5.75 Å². The molecule has 96 valence electrons. The summed E-state index contributed by atoms with van der Waals surface area (Å²) in [6.45, 7) is 2.43. The molecule has 1 heterocycles. The second-order valence-electron chi connectivity index (χ2n) is 3.91. The van der Waals surface area contributed by atoms with Crippen LogP contribution in [0.4, 0.5) is 0 Å². The van der Waals surface area contributed by atoms with Crippen LogP contribution in [0.15, 0.2) is 39.9 Å². The largest absolute Gasteiger partial charge is 0.497 e. The van der Waals surface area contributed by atoms with E-state index in [2.05, 4.69) is 26.2 Å². The van der Waals surface area contributed by atoms with E-state index in [1.165, 1.54) is 0 Å². The number of ether oxygens (including phenoxy) is 2. The standard InChI is InChI=1S/C13H15BrN2O2/c1-9-15-7-12(14)13(16-9)18-8-10-3-5-11(17-2)6-4-10/h3-7,13H,8H2,1-2H3,(H,15,16). The summed E-state index contributed by atoms with van der Waals surface area (Å²) in [5.41, 5.74) is 1.10. The molecule has 0 fully saturated rings. The van der Waals surface area contributed by atoms with Gasteiger partial charge in [0.25, 0.3) is 0 Å². The van der Waals surface area contributed by atoms with E-state index in [0.717, 1.165) is 21.6 Å². The summed E-state index contributed by atoms with van der Waals surface area (Å²) in [7, 11) is 1.65. The van der Waals surface area contributed by atoms with Gasteiger partial charge >= 0.3 is 0 Å². The second kappa shape index (κ2) is 6.02. The average Bonchev–Trinajstić information content (AvgIpc) is 2.40. The first-order valence-electron chi connectivity index (χ1n) is 5.60. The molecule has 2 rings (SSSR count).